The van der Waals surface area contributed by atoms with Gasteiger partial charge in [0, 0.05) is 25.0 Å². The van der Waals surface area contributed by atoms with Crippen LogP contribution in [0.4, 0.5) is 8.78 Å². The number of carbonyl (C=O) groups is 1. The van der Waals surface area contributed by atoms with Gasteiger partial charge in [-0.25, -0.2) is 0 Å². The Kier molecular flexibility index (Phi) is 5.40. The maximum absolute atomic E-state index is 12.5. The number of likely N-dealkylation sites (tertiary alicyclic amines) is 1. The Morgan fingerprint density at radius 2 is 2.40 bits per heavy atom. The summed E-state index contributed by atoms with van der Waals surface area (Å²) in [5.41, 5.74) is 0. The molecule has 2 heterocycles. The molecule has 1 aliphatic rings. The molecule has 7 heteroatoms. The molecule has 1 fully saturated rings. The first kappa shape index (κ1) is 15.7. The monoisotopic (exact) mass is 320 g/mol. The van der Waals surface area contributed by atoms with Crippen molar-refractivity contribution in [2.75, 3.05) is 33.7 Å². The van der Waals surface area contributed by atoms with Crippen LogP contribution in [0.3, 0.4) is 0 Å². The van der Waals surface area contributed by atoms with E-state index in [4.69, 9.17) is 0 Å². The van der Waals surface area contributed by atoms with Crippen molar-refractivity contribution in [3.05, 3.63) is 16.3 Å². The van der Waals surface area contributed by atoms with E-state index in [9.17, 15) is 13.6 Å². The van der Waals surface area contributed by atoms with Crippen LogP contribution in [0.5, 0.6) is 0 Å². The van der Waals surface area contributed by atoms with E-state index in [2.05, 4.69) is 11.9 Å². The summed E-state index contributed by atoms with van der Waals surface area (Å²) >= 11 is 1.67. The number of carbonyl (C=O) groups excluding carboxylic acids is 1. The van der Waals surface area contributed by atoms with Crippen LogP contribution in [-0.4, -0.2) is 55.2 Å². The van der Waals surface area contributed by atoms with Gasteiger partial charge >= 0.3 is 0 Å². The van der Waals surface area contributed by atoms with E-state index >= 15 is 0 Å². The summed E-state index contributed by atoms with van der Waals surface area (Å²) in [6.07, 6.45) is 1.08. The summed E-state index contributed by atoms with van der Waals surface area (Å²) in [5, 5.41) is 1.69. The van der Waals surface area contributed by atoms with Crippen LogP contribution in [0.2, 0.25) is 0 Å². The minimum Gasteiger partial charge on any atom is -0.341 e. The quantitative estimate of drug-likeness (QED) is 0.779. The van der Waals surface area contributed by atoms with E-state index in [1.54, 1.807) is 23.4 Å². The fourth-order valence-electron chi connectivity index (χ4n) is 2.46. The molecule has 1 aromatic heterocycles. The smallest absolute Gasteiger partial charge is 0.288 e. The number of amides is 1. The summed E-state index contributed by atoms with van der Waals surface area (Å²) in [5.74, 6) is -2.18. The second-order valence-corrected chi connectivity index (χ2v) is 7.04. The van der Waals surface area contributed by atoms with Crippen molar-refractivity contribution in [1.29, 1.82) is 0 Å². The summed E-state index contributed by atoms with van der Waals surface area (Å²) in [6.45, 7) is 2.72. The second kappa shape index (κ2) is 6.87. The summed E-state index contributed by atoms with van der Waals surface area (Å²) < 4.78 is 24.9. The van der Waals surface area contributed by atoms with Crippen molar-refractivity contribution in [1.82, 2.24) is 9.80 Å². The van der Waals surface area contributed by atoms with E-state index < -0.39 is 5.76 Å². The Hall–Kier alpha value is -0.660. The van der Waals surface area contributed by atoms with Crippen molar-refractivity contribution < 1.29 is 13.6 Å². The molecule has 112 valence electrons. The number of thiophene rings is 1. The van der Waals surface area contributed by atoms with E-state index in [1.165, 1.54) is 11.3 Å². The molecule has 0 saturated carbocycles. The highest BCUT2D eigenvalue weighted by molar-refractivity contribution is 7.99. The molecular formula is C13H18F2N2OS2. The van der Waals surface area contributed by atoms with Gasteiger partial charge in [-0.3, -0.25) is 4.79 Å². The van der Waals surface area contributed by atoms with Gasteiger partial charge in [-0.2, -0.15) is 8.78 Å². The van der Waals surface area contributed by atoms with E-state index in [1.807, 2.05) is 0 Å². The molecule has 0 N–H and O–H groups in total. The molecule has 0 aliphatic carbocycles. The van der Waals surface area contributed by atoms with Gasteiger partial charge in [0.05, 0.1) is 0 Å². The number of alkyl halides is 2. The summed E-state index contributed by atoms with van der Waals surface area (Å²) in [7, 11) is 3.82. The Labute approximate surface area is 125 Å². The standard InChI is InChI=1S/C13H18F2N2OS2/c1-16-5-3-9(7-16)8-17(2)12(18)11-10(4-6-19-11)20-13(14)15/h4,6,9,13H,3,5,7-8H2,1-2H3/t9-/m0/s1. The lowest BCUT2D eigenvalue weighted by Crippen LogP contribution is -2.32. The maximum atomic E-state index is 12.5. The normalized spacial score (nSPS) is 19.8. The number of rotatable bonds is 5. The molecule has 0 radical (unpaired) electrons. The molecule has 1 aliphatic heterocycles. The van der Waals surface area contributed by atoms with E-state index in [-0.39, 0.29) is 5.91 Å². The van der Waals surface area contributed by atoms with Crippen molar-refractivity contribution in [2.24, 2.45) is 5.92 Å². The number of nitrogens with zero attached hydrogens (tertiary/aromatic N) is 2. The lowest BCUT2D eigenvalue weighted by Gasteiger charge is -2.21. The number of thioether (sulfide) groups is 1. The zero-order valence-electron chi connectivity index (χ0n) is 11.5. The summed E-state index contributed by atoms with van der Waals surface area (Å²) in [4.78, 5) is 17.0. The van der Waals surface area contributed by atoms with Crippen LogP contribution in [-0.2, 0) is 0 Å². The van der Waals surface area contributed by atoms with Crippen LogP contribution < -0.4 is 0 Å². The average molecular weight is 320 g/mol. The minimum absolute atomic E-state index is 0.155. The Morgan fingerprint density at radius 3 is 3.00 bits per heavy atom. The van der Waals surface area contributed by atoms with Crippen LogP contribution >= 0.6 is 23.1 Å². The van der Waals surface area contributed by atoms with Gasteiger partial charge in [-0.05, 0) is 37.4 Å². The molecule has 3 nitrogen and oxygen atoms in total. The molecular weight excluding hydrogens is 302 g/mol. The first-order valence-electron chi connectivity index (χ1n) is 6.43. The lowest BCUT2D eigenvalue weighted by molar-refractivity contribution is 0.0775. The average Bonchev–Trinajstić information content (AvgIpc) is 2.97. The third-order valence-corrected chi connectivity index (χ3v) is 5.21. The Bertz CT molecular complexity index is 467. The van der Waals surface area contributed by atoms with Crippen molar-refractivity contribution in [2.45, 2.75) is 17.1 Å². The molecule has 1 atom stereocenters. The zero-order valence-corrected chi connectivity index (χ0v) is 13.1. The molecule has 0 spiro atoms. The number of hydrogen-bond donors (Lipinski definition) is 0. The predicted molar refractivity (Wildman–Crippen MR) is 78.7 cm³/mol. The highest BCUT2D eigenvalue weighted by Crippen LogP contribution is 2.32. The first-order valence-corrected chi connectivity index (χ1v) is 8.19. The third-order valence-electron chi connectivity index (χ3n) is 3.41. The Balaban J connectivity index is 1.98. The molecule has 0 unspecified atom stereocenters. The predicted octanol–water partition coefficient (Wildman–Crippen LogP) is 3.09. The van der Waals surface area contributed by atoms with Crippen LogP contribution in [0.1, 0.15) is 16.1 Å². The second-order valence-electron chi connectivity index (χ2n) is 5.10. The zero-order chi connectivity index (χ0) is 14.7. The van der Waals surface area contributed by atoms with E-state index in [0.717, 1.165) is 19.5 Å². The molecule has 1 saturated heterocycles. The minimum atomic E-state index is -2.50. The molecule has 0 aromatic carbocycles. The fraction of sp³-hybridized carbons (Fsp3) is 0.615. The van der Waals surface area contributed by atoms with Crippen LogP contribution in [0.25, 0.3) is 0 Å². The molecule has 1 aromatic rings. The SMILES string of the molecule is CN1CC[C@H](CN(C)C(=O)c2sccc2SC(F)F)C1. The maximum Gasteiger partial charge on any atom is 0.288 e. The van der Waals surface area contributed by atoms with Gasteiger partial charge in [0.2, 0.25) is 0 Å². The van der Waals surface area contributed by atoms with Gasteiger partial charge in [-0.1, -0.05) is 11.8 Å². The van der Waals surface area contributed by atoms with Gasteiger partial charge in [0.1, 0.15) is 4.88 Å². The largest absolute Gasteiger partial charge is 0.341 e. The highest BCUT2D eigenvalue weighted by atomic mass is 32.2. The van der Waals surface area contributed by atoms with Crippen LogP contribution in [0, 0.1) is 5.92 Å². The fourth-order valence-corrected chi connectivity index (χ4v) is 4.15. The Morgan fingerprint density at radius 1 is 1.65 bits per heavy atom. The van der Waals surface area contributed by atoms with Crippen LogP contribution in [0.15, 0.2) is 16.3 Å². The van der Waals surface area contributed by atoms with Gasteiger partial charge in [-0.15, -0.1) is 11.3 Å². The highest BCUT2D eigenvalue weighted by Gasteiger charge is 2.25. The lowest BCUT2D eigenvalue weighted by atomic mass is 10.1. The molecule has 0 bridgehead atoms. The topological polar surface area (TPSA) is 23.6 Å². The summed E-state index contributed by atoms with van der Waals surface area (Å²) in [6, 6.07) is 1.59. The van der Waals surface area contributed by atoms with Gasteiger partial charge < -0.3 is 9.80 Å². The number of halogens is 2. The first-order chi connectivity index (χ1) is 9.47. The molecule has 2 rings (SSSR count). The van der Waals surface area contributed by atoms with Crippen molar-refractivity contribution in [3.63, 3.8) is 0 Å². The third kappa shape index (κ3) is 3.93. The van der Waals surface area contributed by atoms with Gasteiger partial charge in [0.15, 0.2) is 0 Å². The van der Waals surface area contributed by atoms with E-state index in [0.29, 0.717) is 34.0 Å². The van der Waals surface area contributed by atoms with Crippen molar-refractivity contribution in [3.8, 4) is 0 Å². The molecule has 20 heavy (non-hydrogen) atoms. The molecule has 1 amide bonds. The van der Waals surface area contributed by atoms with Gasteiger partial charge in [0.25, 0.3) is 11.7 Å². The number of hydrogen-bond acceptors (Lipinski definition) is 4. The van der Waals surface area contributed by atoms with Crippen molar-refractivity contribution >= 4 is 29.0 Å².